The second-order valence-corrected chi connectivity index (χ2v) is 4.05. The minimum atomic E-state index is -0.452. The Kier molecular flexibility index (Phi) is 3.92. The normalized spacial score (nSPS) is 11.8. The highest BCUT2D eigenvalue weighted by molar-refractivity contribution is 5.96. The van der Waals surface area contributed by atoms with Gasteiger partial charge < -0.3 is 4.90 Å². The van der Waals surface area contributed by atoms with Gasteiger partial charge in [0.05, 0.1) is 0 Å². The van der Waals surface area contributed by atoms with Crippen LogP contribution in [0.3, 0.4) is 0 Å². The van der Waals surface area contributed by atoms with Crippen molar-refractivity contribution in [1.82, 2.24) is 4.90 Å². The SMILES string of the molecule is C=C(C)C(C)(C)C(=O)/C=C/N(C)C. The number of rotatable bonds is 4. The summed E-state index contributed by atoms with van der Waals surface area (Å²) in [6, 6.07) is 0. The van der Waals surface area contributed by atoms with Gasteiger partial charge in [-0.3, -0.25) is 4.79 Å². The maximum atomic E-state index is 11.6. The van der Waals surface area contributed by atoms with Crippen molar-refractivity contribution in [2.24, 2.45) is 5.41 Å². The van der Waals surface area contributed by atoms with Gasteiger partial charge in [0.2, 0.25) is 0 Å². The first-order valence-electron chi connectivity index (χ1n) is 4.33. The van der Waals surface area contributed by atoms with Crippen molar-refractivity contribution in [2.75, 3.05) is 14.1 Å². The molecule has 0 atom stereocenters. The first kappa shape index (κ1) is 11.9. The highest BCUT2D eigenvalue weighted by atomic mass is 16.1. The van der Waals surface area contributed by atoms with Gasteiger partial charge in [0.1, 0.15) is 0 Å². The van der Waals surface area contributed by atoms with E-state index in [9.17, 15) is 4.79 Å². The number of hydrogen-bond donors (Lipinski definition) is 0. The Morgan fingerprint density at radius 3 is 2.15 bits per heavy atom. The van der Waals surface area contributed by atoms with Gasteiger partial charge in [-0.2, -0.15) is 0 Å². The monoisotopic (exact) mass is 181 g/mol. The molecule has 0 heterocycles. The number of hydrogen-bond acceptors (Lipinski definition) is 2. The maximum Gasteiger partial charge on any atom is 0.166 e. The zero-order chi connectivity index (χ0) is 10.6. The van der Waals surface area contributed by atoms with Gasteiger partial charge in [0.25, 0.3) is 0 Å². The lowest BCUT2D eigenvalue weighted by Crippen LogP contribution is -2.23. The van der Waals surface area contributed by atoms with E-state index in [0.29, 0.717) is 0 Å². The Morgan fingerprint density at radius 1 is 1.38 bits per heavy atom. The second kappa shape index (κ2) is 4.26. The average molecular weight is 181 g/mol. The van der Waals surface area contributed by atoms with E-state index in [-0.39, 0.29) is 5.78 Å². The fourth-order valence-electron chi connectivity index (χ4n) is 0.635. The Balaban J connectivity index is 4.52. The molecule has 2 heteroatoms. The average Bonchev–Trinajstić information content (AvgIpc) is 1.99. The van der Waals surface area contributed by atoms with Crippen molar-refractivity contribution in [3.8, 4) is 0 Å². The second-order valence-electron chi connectivity index (χ2n) is 4.05. The summed E-state index contributed by atoms with van der Waals surface area (Å²) >= 11 is 0. The van der Waals surface area contributed by atoms with Gasteiger partial charge in [-0.1, -0.05) is 12.2 Å². The lowest BCUT2D eigenvalue weighted by atomic mass is 9.82. The van der Waals surface area contributed by atoms with Crippen LogP contribution in [0.4, 0.5) is 0 Å². The molecule has 0 aromatic rings. The van der Waals surface area contributed by atoms with Crippen molar-refractivity contribution in [1.29, 1.82) is 0 Å². The van der Waals surface area contributed by atoms with Crippen molar-refractivity contribution in [3.05, 3.63) is 24.4 Å². The highest BCUT2D eigenvalue weighted by Crippen LogP contribution is 2.25. The zero-order valence-electron chi connectivity index (χ0n) is 9.22. The van der Waals surface area contributed by atoms with E-state index < -0.39 is 5.41 Å². The Hall–Kier alpha value is -1.05. The molecule has 0 saturated heterocycles. The molecule has 0 aromatic heterocycles. The standard InChI is InChI=1S/C11H19NO/c1-9(2)11(3,4)10(13)7-8-12(5)6/h7-8H,1H2,2-6H3/b8-7+. The van der Waals surface area contributed by atoms with E-state index in [1.807, 2.05) is 39.8 Å². The summed E-state index contributed by atoms with van der Waals surface area (Å²) in [5, 5.41) is 0. The smallest absolute Gasteiger partial charge is 0.166 e. The van der Waals surface area contributed by atoms with Crippen molar-refractivity contribution in [3.63, 3.8) is 0 Å². The summed E-state index contributed by atoms with van der Waals surface area (Å²) in [5.74, 6) is 0.0914. The van der Waals surface area contributed by atoms with Gasteiger partial charge in [0.15, 0.2) is 5.78 Å². The highest BCUT2D eigenvalue weighted by Gasteiger charge is 2.25. The molecule has 0 bridgehead atoms. The van der Waals surface area contributed by atoms with Crippen LogP contribution in [0.15, 0.2) is 24.4 Å². The largest absolute Gasteiger partial charge is 0.383 e. The van der Waals surface area contributed by atoms with Gasteiger partial charge in [-0.05, 0) is 26.8 Å². The first-order valence-corrected chi connectivity index (χ1v) is 4.33. The number of allylic oxidation sites excluding steroid dienone is 2. The number of ketones is 1. The van der Waals surface area contributed by atoms with Crippen molar-refractivity contribution < 1.29 is 4.79 Å². The molecule has 0 spiro atoms. The molecule has 0 aliphatic carbocycles. The molecule has 0 rings (SSSR count). The molecule has 0 amide bonds. The Labute approximate surface area is 80.9 Å². The lowest BCUT2D eigenvalue weighted by Gasteiger charge is -2.21. The molecular formula is C11H19NO. The predicted octanol–water partition coefficient (Wildman–Crippen LogP) is 2.23. The van der Waals surface area contributed by atoms with Crippen LogP contribution in [-0.2, 0) is 4.79 Å². The molecule has 0 fully saturated rings. The molecule has 74 valence electrons. The van der Waals surface area contributed by atoms with Gasteiger partial charge in [-0.15, -0.1) is 0 Å². The van der Waals surface area contributed by atoms with Crippen LogP contribution in [0.1, 0.15) is 20.8 Å². The Morgan fingerprint density at radius 2 is 1.85 bits per heavy atom. The molecule has 0 N–H and O–H groups in total. The molecule has 13 heavy (non-hydrogen) atoms. The van der Waals surface area contributed by atoms with Crippen LogP contribution in [0.2, 0.25) is 0 Å². The third-order valence-electron chi connectivity index (χ3n) is 2.21. The molecule has 0 unspecified atom stereocenters. The van der Waals surface area contributed by atoms with E-state index in [2.05, 4.69) is 6.58 Å². The minimum Gasteiger partial charge on any atom is -0.383 e. The van der Waals surface area contributed by atoms with Gasteiger partial charge in [0, 0.05) is 25.7 Å². The lowest BCUT2D eigenvalue weighted by molar-refractivity contribution is -0.120. The fourth-order valence-corrected chi connectivity index (χ4v) is 0.635. The Bertz CT molecular complexity index is 236. The number of nitrogens with zero attached hydrogens (tertiary/aromatic N) is 1. The zero-order valence-corrected chi connectivity index (χ0v) is 9.22. The summed E-state index contributed by atoms with van der Waals surface area (Å²) in [6.07, 6.45) is 3.35. The fraction of sp³-hybridized carbons (Fsp3) is 0.545. The van der Waals surface area contributed by atoms with Crippen LogP contribution >= 0.6 is 0 Å². The first-order chi connectivity index (χ1) is 5.78. The summed E-state index contributed by atoms with van der Waals surface area (Å²) in [7, 11) is 3.77. The molecule has 0 radical (unpaired) electrons. The molecular weight excluding hydrogens is 162 g/mol. The molecule has 0 aromatic carbocycles. The van der Waals surface area contributed by atoms with Crippen molar-refractivity contribution in [2.45, 2.75) is 20.8 Å². The predicted molar refractivity (Wildman–Crippen MR) is 56.4 cm³/mol. The summed E-state index contributed by atoms with van der Waals surface area (Å²) < 4.78 is 0. The van der Waals surface area contributed by atoms with E-state index in [1.165, 1.54) is 0 Å². The molecule has 0 aliphatic rings. The van der Waals surface area contributed by atoms with E-state index in [1.54, 1.807) is 12.3 Å². The summed E-state index contributed by atoms with van der Waals surface area (Å²) in [4.78, 5) is 13.5. The molecule has 0 saturated carbocycles. The van der Waals surface area contributed by atoms with Gasteiger partial charge >= 0.3 is 0 Å². The quantitative estimate of drug-likeness (QED) is 0.489. The maximum absolute atomic E-state index is 11.6. The molecule has 2 nitrogen and oxygen atoms in total. The van der Waals surface area contributed by atoms with Crippen LogP contribution < -0.4 is 0 Å². The number of carbonyl (C=O) groups excluding carboxylic acids is 1. The third kappa shape index (κ3) is 3.45. The third-order valence-corrected chi connectivity index (χ3v) is 2.21. The summed E-state index contributed by atoms with van der Waals surface area (Å²) in [5.41, 5.74) is 0.438. The van der Waals surface area contributed by atoms with Crippen LogP contribution in [0.25, 0.3) is 0 Å². The van der Waals surface area contributed by atoms with Crippen LogP contribution in [-0.4, -0.2) is 24.8 Å². The van der Waals surface area contributed by atoms with E-state index >= 15 is 0 Å². The van der Waals surface area contributed by atoms with E-state index in [4.69, 9.17) is 0 Å². The topological polar surface area (TPSA) is 20.3 Å². The van der Waals surface area contributed by atoms with Crippen molar-refractivity contribution >= 4 is 5.78 Å². The molecule has 0 aliphatic heterocycles. The minimum absolute atomic E-state index is 0.0914. The van der Waals surface area contributed by atoms with Crippen LogP contribution in [0.5, 0.6) is 0 Å². The van der Waals surface area contributed by atoms with Gasteiger partial charge in [-0.25, -0.2) is 0 Å². The summed E-state index contributed by atoms with van der Waals surface area (Å²) in [6.45, 7) is 9.46. The van der Waals surface area contributed by atoms with Crippen LogP contribution in [0, 0.1) is 5.41 Å². The van der Waals surface area contributed by atoms with E-state index in [0.717, 1.165) is 5.57 Å². The number of carbonyl (C=O) groups is 1.